The van der Waals surface area contributed by atoms with Gasteiger partial charge in [0.2, 0.25) is 5.91 Å². The number of carbonyl (C=O) groups excluding carboxylic acids is 1. The van der Waals surface area contributed by atoms with Gasteiger partial charge in [-0.25, -0.2) is 4.98 Å². The summed E-state index contributed by atoms with van der Waals surface area (Å²) in [7, 11) is 0. The molecule has 1 atom stereocenters. The second-order valence-electron chi connectivity index (χ2n) is 6.37. The van der Waals surface area contributed by atoms with Gasteiger partial charge in [0, 0.05) is 18.0 Å². The van der Waals surface area contributed by atoms with E-state index in [1.54, 1.807) is 0 Å². The van der Waals surface area contributed by atoms with Crippen molar-refractivity contribution in [3.63, 3.8) is 0 Å². The number of hydrogen-bond donors (Lipinski definition) is 0. The molecule has 1 amide bonds. The standard InChI is InChI=1S/C19H21N3OS/c1-13-6-7-17-15(9-13)10-16(11-20)19(21-17)24-12-18(23)22-8-4-3-5-14(22)2/h6-7,9-10,14H,3-5,8,12H2,1-2H3. The summed E-state index contributed by atoms with van der Waals surface area (Å²) in [6.45, 7) is 4.97. The molecule has 2 heterocycles. The summed E-state index contributed by atoms with van der Waals surface area (Å²) in [6.07, 6.45) is 3.35. The highest BCUT2D eigenvalue weighted by Gasteiger charge is 2.23. The summed E-state index contributed by atoms with van der Waals surface area (Å²) in [4.78, 5) is 19.0. The Morgan fingerprint density at radius 3 is 3.00 bits per heavy atom. The molecule has 1 aliphatic rings. The third-order valence-electron chi connectivity index (χ3n) is 4.51. The number of amides is 1. The van der Waals surface area contributed by atoms with Gasteiger partial charge in [-0.3, -0.25) is 4.79 Å². The van der Waals surface area contributed by atoms with Gasteiger partial charge in [0.1, 0.15) is 11.1 Å². The number of aromatic nitrogens is 1. The van der Waals surface area contributed by atoms with Gasteiger partial charge in [-0.1, -0.05) is 23.4 Å². The van der Waals surface area contributed by atoms with Gasteiger partial charge in [0.15, 0.2) is 0 Å². The zero-order valence-corrected chi connectivity index (χ0v) is 14.9. The molecule has 1 fully saturated rings. The molecule has 4 nitrogen and oxygen atoms in total. The first-order valence-corrected chi connectivity index (χ1v) is 9.31. The summed E-state index contributed by atoms with van der Waals surface area (Å²) in [5, 5.41) is 11.0. The monoisotopic (exact) mass is 339 g/mol. The maximum Gasteiger partial charge on any atom is 0.233 e. The Morgan fingerprint density at radius 2 is 2.25 bits per heavy atom. The Bertz CT molecular complexity index is 812. The van der Waals surface area contributed by atoms with E-state index in [4.69, 9.17) is 0 Å². The van der Waals surface area contributed by atoms with Crippen LogP contribution in [0.2, 0.25) is 0 Å². The molecule has 124 valence electrons. The van der Waals surface area contributed by atoms with Crippen molar-refractivity contribution in [2.45, 2.75) is 44.2 Å². The molecule has 1 aliphatic heterocycles. The Kier molecular flexibility index (Phi) is 5.06. The number of benzene rings is 1. The van der Waals surface area contributed by atoms with Gasteiger partial charge < -0.3 is 4.90 Å². The molecule has 5 heteroatoms. The van der Waals surface area contributed by atoms with Crippen molar-refractivity contribution >= 4 is 28.6 Å². The number of thioether (sulfide) groups is 1. The first-order valence-electron chi connectivity index (χ1n) is 8.32. The largest absolute Gasteiger partial charge is 0.339 e. The van der Waals surface area contributed by atoms with Crippen LogP contribution in [0.25, 0.3) is 10.9 Å². The molecular formula is C19H21N3OS. The molecule has 1 unspecified atom stereocenters. The molecule has 1 aromatic carbocycles. The fourth-order valence-electron chi connectivity index (χ4n) is 3.15. The predicted octanol–water partition coefficient (Wildman–Crippen LogP) is 3.91. The quantitative estimate of drug-likeness (QED) is 0.796. The van der Waals surface area contributed by atoms with E-state index < -0.39 is 0 Å². The number of fused-ring (bicyclic) bond motifs is 1. The lowest BCUT2D eigenvalue weighted by atomic mass is 10.0. The zero-order chi connectivity index (χ0) is 17.1. The number of nitriles is 1. The van der Waals surface area contributed by atoms with Crippen molar-refractivity contribution in [3.8, 4) is 6.07 Å². The summed E-state index contributed by atoms with van der Waals surface area (Å²) >= 11 is 1.37. The predicted molar refractivity (Wildman–Crippen MR) is 96.9 cm³/mol. The van der Waals surface area contributed by atoms with Crippen molar-refractivity contribution in [1.82, 2.24) is 9.88 Å². The lowest BCUT2D eigenvalue weighted by Gasteiger charge is -2.33. The fourth-order valence-corrected chi connectivity index (χ4v) is 4.00. The van der Waals surface area contributed by atoms with Crippen LogP contribution in [0.3, 0.4) is 0 Å². The number of rotatable bonds is 3. The average molecular weight is 339 g/mol. The van der Waals surface area contributed by atoms with E-state index in [9.17, 15) is 10.1 Å². The molecule has 0 spiro atoms. The van der Waals surface area contributed by atoms with E-state index in [0.717, 1.165) is 35.9 Å². The highest BCUT2D eigenvalue weighted by atomic mass is 32.2. The van der Waals surface area contributed by atoms with Crippen LogP contribution in [-0.2, 0) is 4.79 Å². The Labute approximate surface area is 146 Å². The Morgan fingerprint density at radius 1 is 1.42 bits per heavy atom. The molecule has 2 aromatic rings. The summed E-state index contributed by atoms with van der Waals surface area (Å²) in [5.41, 5.74) is 2.54. The molecule has 0 aliphatic carbocycles. The van der Waals surface area contributed by atoms with Crippen molar-refractivity contribution in [2.24, 2.45) is 0 Å². The molecular weight excluding hydrogens is 318 g/mol. The van der Waals surface area contributed by atoms with E-state index in [-0.39, 0.29) is 5.91 Å². The normalized spacial score (nSPS) is 17.7. The summed E-state index contributed by atoms with van der Waals surface area (Å²) in [5.74, 6) is 0.477. The van der Waals surface area contributed by atoms with E-state index >= 15 is 0 Å². The van der Waals surface area contributed by atoms with Crippen LogP contribution in [0, 0.1) is 18.3 Å². The molecule has 0 bridgehead atoms. The molecule has 0 radical (unpaired) electrons. The van der Waals surface area contributed by atoms with Gasteiger partial charge in [0.25, 0.3) is 0 Å². The molecule has 3 rings (SSSR count). The zero-order valence-electron chi connectivity index (χ0n) is 14.1. The molecule has 0 saturated carbocycles. The van der Waals surface area contributed by atoms with Gasteiger partial charge in [-0.15, -0.1) is 0 Å². The van der Waals surface area contributed by atoms with E-state index in [2.05, 4.69) is 18.0 Å². The third kappa shape index (κ3) is 3.54. The van der Waals surface area contributed by atoms with Crippen molar-refractivity contribution in [2.75, 3.05) is 12.3 Å². The molecule has 1 aromatic heterocycles. The molecule has 24 heavy (non-hydrogen) atoms. The Hall–Kier alpha value is -2.06. The number of aryl methyl sites for hydroxylation is 1. The number of hydrogen-bond acceptors (Lipinski definition) is 4. The maximum absolute atomic E-state index is 12.5. The number of carbonyl (C=O) groups is 1. The minimum absolute atomic E-state index is 0.141. The fraction of sp³-hybridized carbons (Fsp3) is 0.421. The smallest absolute Gasteiger partial charge is 0.233 e. The van der Waals surface area contributed by atoms with Gasteiger partial charge in [0.05, 0.1) is 16.8 Å². The van der Waals surface area contributed by atoms with Crippen LogP contribution < -0.4 is 0 Å². The van der Waals surface area contributed by atoms with E-state index in [1.807, 2.05) is 36.1 Å². The first-order chi connectivity index (χ1) is 11.6. The van der Waals surface area contributed by atoms with Crippen LogP contribution in [-0.4, -0.2) is 34.1 Å². The minimum atomic E-state index is 0.141. The second kappa shape index (κ2) is 7.23. The highest BCUT2D eigenvalue weighted by Crippen LogP contribution is 2.26. The summed E-state index contributed by atoms with van der Waals surface area (Å²) in [6, 6.07) is 10.4. The third-order valence-corrected chi connectivity index (χ3v) is 5.49. The lowest BCUT2D eigenvalue weighted by Crippen LogP contribution is -2.42. The summed E-state index contributed by atoms with van der Waals surface area (Å²) < 4.78 is 0. The van der Waals surface area contributed by atoms with Crippen LogP contribution >= 0.6 is 11.8 Å². The van der Waals surface area contributed by atoms with Crippen LogP contribution in [0.1, 0.15) is 37.3 Å². The first kappa shape index (κ1) is 16.8. The molecule has 1 saturated heterocycles. The van der Waals surface area contributed by atoms with E-state index in [1.165, 1.54) is 18.2 Å². The van der Waals surface area contributed by atoms with Crippen molar-refractivity contribution < 1.29 is 4.79 Å². The van der Waals surface area contributed by atoms with Gasteiger partial charge in [-0.2, -0.15) is 5.26 Å². The average Bonchev–Trinajstić information content (AvgIpc) is 2.59. The number of likely N-dealkylation sites (tertiary alicyclic amines) is 1. The van der Waals surface area contributed by atoms with E-state index in [0.29, 0.717) is 22.4 Å². The molecule has 0 N–H and O–H groups in total. The number of piperidine rings is 1. The topological polar surface area (TPSA) is 57.0 Å². The highest BCUT2D eigenvalue weighted by molar-refractivity contribution is 8.00. The second-order valence-corrected chi connectivity index (χ2v) is 7.33. The van der Waals surface area contributed by atoms with Crippen LogP contribution in [0.4, 0.5) is 0 Å². The van der Waals surface area contributed by atoms with Gasteiger partial charge in [-0.05, 0) is 51.3 Å². The Balaban J connectivity index is 1.78. The maximum atomic E-state index is 12.5. The van der Waals surface area contributed by atoms with Crippen molar-refractivity contribution in [3.05, 3.63) is 35.4 Å². The SMILES string of the molecule is Cc1ccc2nc(SCC(=O)N3CCCCC3C)c(C#N)cc2c1. The minimum Gasteiger partial charge on any atom is -0.339 e. The number of nitrogens with zero attached hydrogens (tertiary/aromatic N) is 3. The van der Waals surface area contributed by atoms with Crippen LogP contribution in [0.15, 0.2) is 29.3 Å². The van der Waals surface area contributed by atoms with Gasteiger partial charge >= 0.3 is 0 Å². The number of pyridine rings is 1. The van der Waals surface area contributed by atoms with Crippen LogP contribution in [0.5, 0.6) is 0 Å². The lowest BCUT2D eigenvalue weighted by molar-refractivity contribution is -0.131. The van der Waals surface area contributed by atoms with Crippen molar-refractivity contribution in [1.29, 1.82) is 5.26 Å².